The lowest BCUT2D eigenvalue weighted by atomic mass is 10.1. The number of carboxylic acid groups (broad SMARTS) is 1. The van der Waals surface area contributed by atoms with Crippen molar-refractivity contribution in [3.63, 3.8) is 0 Å². The third kappa shape index (κ3) is 2.48. The molecule has 2 rings (SSSR count). The molecule has 0 saturated heterocycles. The number of carbonyl (C=O) groups is 1. The molecule has 0 saturated carbocycles. The van der Waals surface area contributed by atoms with Crippen LogP contribution in [0.25, 0.3) is 11.3 Å². The van der Waals surface area contributed by atoms with Crippen LogP contribution in [0.15, 0.2) is 28.2 Å². The molecule has 4 nitrogen and oxygen atoms in total. The topological polar surface area (TPSA) is 59.4 Å². The fourth-order valence-electron chi connectivity index (χ4n) is 1.41. The van der Waals surface area contributed by atoms with E-state index in [4.69, 9.17) is 9.84 Å². The van der Waals surface area contributed by atoms with E-state index < -0.39 is 5.97 Å². The molecule has 1 aromatic carbocycles. The maximum atomic E-state index is 11.1. The Morgan fingerprint density at radius 3 is 2.94 bits per heavy atom. The second kappa shape index (κ2) is 4.85. The van der Waals surface area contributed by atoms with E-state index in [1.807, 2.05) is 0 Å². The van der Waals surface area contributed by atoms with Gasteiger partial charge in [0.05, 0.1) is 12.8 Å². The van der Waals surface area contributed by atoms with Gasteiger partial charge in [0.1, 0.15) is 10.6 Å². The highest BCUT2D eigenvalue weighted by Crippen LogP contribution is 2.32. The number of rotatable bonds is 3. The van der Waals surface area contributed by atoms with E-state index >= 15 is 0 Å². The summed E-state index contributed by atoms with van der Waals surface area (Å²) in [4.78, 5) is 15.5. The molecule has 17 heavy (non-hydrogen) atoms. The zero-order valence-corrected chi connectivity index (χ0v) is 11.2. The third-order valence-corrected chi connectivity index (χ3v) is 3.63. The Bertz CT molecular complexity index is 568. The zero-order valence-electron chi connectivity index (χ0n) is 8.81. The molecule has 0 aliphatic carbocycles. The number of aromatic carboxylic acids is 1. The van der Waals surface area contributed by atoms with Gasteiger partial charge in [-0.15, -0.1) is 0 Å². The summed E-state index contributed by atoms with van der Waals surface area (Å²) in [5.74, 6) is -0.311. The molecule has 0 spiro atoms. The van der Waals surface area contributed by atoms with Gasteiger partial charge in [-0.3, -0.25) is 0 Å². The van der Waals surface area contributed by atoms with E-state index in [2.05, 4.69) is 20.9 Å². The Morgan fingerprint density at radius 2 is 2.29 bits per heavy atom. The number of aromatic nitrogens is 1. The molecule has 0 amide bonds. The van der Waals surface area contributed by atoms with E-state index in [0.29, 0.717) is 15.4 Å². The Hall–Kier alpha value is -1.40. The average Bonchev–Trinajstić information content (AvgIpc) is 2.72. The summed E-state index contributed by atoms with van der Waals surface area (Å²) in [5, 5.41) is 9.09. The minimum absolute atomic E-state index is 0.213. The van der Waals surface area contributed by atoms with E-state index in [0.717, 1.165) is 16.9 Å². The van der Waals surface area contributed by atoms with Crippen LogP contribution < -0.4 is 4.74 Å². The van der Waals surface area contributed by atoms with E-state index in [1.54, 1.807) is 31.4 Å². The van der Waals surface area contributed by atoms with Crippen molar-refractivity contribution in [1.82, 2.24) is 4.98 Å². The average molecular weight is 314 g/mol. The highest BCUT2D eigenvalue weighted by atomic mass is 79.9. The van der Waals surface area contributed by atoms with Crippen LogP contribution >= 0.6 is 27.3 Å². The predicted octanol–water partition coefficient (Wildman–Crippen LogP) is 3.28. The molecule has 88 valence electrons. The number of carboxylic acids is 1. The first kappa shape index (κ1) is 12.1. The Kier molecular flexibility index (Phi) is 3.44. The van der Waals surface area contributed by atoms with Gasteiger partial charge < -0.3 is 9.84 Å². The molecule has 0 atom stereocenters. The summed E-state index contributed by atoms with van der Waals surface area (Å²) in [6.45, 7) is 0. The molecule has 1 aromatic heterocycles. The maximum absolute atomic E-state index is 11.1. The summed E-state index contributed by atoms with van der Waals surface area (Å²) in [5.41, 5.74) is 1.18. The van der Waals surface area contributed by atoms with Crippen molar-refractivity contribution in [2.24, 2.45) is 0 Å². The van der Waals surface area contributed by atoms with Gasteiger partial charge >= 0.3 is 5.97 Å². The zero-order chi connectivity index (χ0) is 12.4. The summed E-state index contributed by atoms with van der Waals surface area (Å²) < 4.78 is 5.65. The van der Waals surface area contributed by atoms with Crippen LogP contribution in [-0.4, -0.2) is 23.2 Å². The first-order chi connectivity index (χ1) is 8.11. The van der Waals surface area contributed by atoms with E-state index in [-0.39, 0.29) is 4.88 Å². The number of benzene rings is 1. The first-order valence-electron chi connectivity index (χ1n) is 4.66. The fourth-order valence-corrected chi connectivity index (χ4v) is 2.72. The lowest BCUT2D eigenvalue weighted by Gasteiger charge is -2.02. The maximum Gasteiger partial charge on any atom is 0.348 e. The number of hydrogen-bond donors (Lipinski definition) is 1. The van der Waals surface area contributed by atoms with E-state index in [1.165, 1.54) is 0 Å². The van der Waals surface area contributed by atoms with Gasteiger partial charge in [-0.2, -0.15) is 0 Å². The molecule has 1 heterocycles. The first-order valence-corrected chi connectivity index (χ1v) is 6.27. The van der Waals surface area contributed by atoms with Crippen LogP contribution in [0.4, 0.5) is 0 Å². The van der Waals surface area contributed by atoms with Crippen LogP contribution in [0, 0.1) is 0 Å². The number of thiazole rings is 1. The van der Waals surface area contributed by atoms with Crippen LogP contribution in [0.5, 0.6) is 5.75 Å². The summed E-state index contributed by atoms with van der Waals surface area (Å²) in [7, 11) is 1.56. The molecule has 0 bridgehead atoms. The van der Waals surface area contributed by atoms with Gasteiger partial charge in [0.15, 0.2) is 3.92 Å². The second-order valence-corrected chi connectivity index (χ2v) is 5.46. The van der Waals surface area contributed by atoms with Crippen LogP contribution in [-0.2, 0) is 0 Å². The minimum Gasteiger partial charge on any atom is -0.497 e. The van der Waals surface area contributed by atoms with Gasteiger partial charge in [-0.25, -0.2) is 9.78 Å². The SMILES string of the molecule is COc1cccc(-c2nc(Br)sc2C(=O)O)c1. The summed E-state index contributed by atoms with van der Waals surface area (Å²) >= 11 is 4.29. The highest BCUT2D eigenvalue weighted by Gasteiger charge is 2.18. The van der Waals surface area contributed by atoms with Crippen LogP contribution in [0.1, 0.15) is 9.67 Å². The standard InChI is InChI=1S/C11H8BrNO3S/c1-16-7-4-2-3-6(5-7)8-9(10(14)15)17-11(12)13-8/h2-5H,1H3,(H,14,15). The second-order valence-electron chi connectivity index (χ2n) is 3.18. The van der Waals surface area contributed by atoms with Crippen molar-refractivity contribution >= 4 is 33.2 Å². The third-order valence-electron chi connectivity index (χ3n) is 2.14. The molecule has 0 unspecified atom stereocenters. The molecule has 2 aromatic rings. The molecule has 1 N–H and O–H groups in total. The molecule has 0 radical (unpaired) electrons. The Labute approximate surface area is 110 Å². The lowest BCUT2D eigenvalue weighted by molar-refractivity contribution is 0.0702. The summed E-state index contributed by atoms with van der Waals surface area (Å²) in [6, 6.07) is 7.16. The minimum atomic E-state index is -0.981. The fraction of sp³-hybridized carbons (Fsp3) is 0.0909. The summed E-state index contributed by atoms with van der Waals surface area (Å²) in [6.07, 6.45) is 0. The van der Waals surface area contributed by atoms with Crippen molar-refractivity contribution < 1.29 is 14.6 Å². The molecule has 6 heteroatoms. The lowest BCUT2D eigenvalue weighted by Crippen LogP contribution is -1.95. The van der Waals surface area contributed by atoms with Crippen LogP contribution in [0.3, 0.4) is 0 Å². The monoisotopic (exact) mass is 313 g/mol. The van der Waals surface area contributed by atoms with Gasteiger partial charge in [0, 0.05) is 5.56 Å². The van der Waals surface area contributed by atoms with Crippen molar-refractivity contribution in [2.45, 2.75) is 0 Å². The molecular formula is C11H8BrNO3S. The highest BCUT2D eigenvalue weighted by molar-refractivity contribution is 9.11. The predicted molar refractivity (Wildman–Crippen MR) is 68.8 cm³/mol. The van der Waals surface area contributed by atoms with Gasteiger partial charge in [0.2, 0.25) is 0 Å². The Balaban J connectivity index is 2.55. The molecular weight excluding hydrogens is 306 g/mol. The largest absolute Gasteiger partial charge is 0.497 e. The van der Waals surface area contributed by atoms with Crippen molar-refractivity contribution in [1.29, 1.82) is 0 Å². The van der Waals surface area contributed by atoms with Crippen molar-refractivity contribution in [2.75, 3.05) is 7.11 Å². The smallest absolute Gasteiger partial charge is 0.348 e. The Morgan fingerprint density at radius 1 is 1.53 bits per heavy atom. The molecule has 0 fully saturated rings. The quantitative estimate of drug-likeness (QED) is 0.944. The number of ether oxygens (including phenoxy) is 1. The van der Waals surface area contributed by atoms with Crippen molar-refractivity contribution in [3.8, 4) is 17.0 Å². The number of halogens is 1. The van der Waals surface area contributed by atoms with Crippen LogP contribution in [0.2, 0.25) is 0 Å². The van der Waals surface area contributed by atoms with Gasteiger partial charge in [-0.05, 0) is 28.1 Å². The van der Waals surface area contributed by atoms with Gasteiger partial charge in [-0.1, -0.05) is 23.5 Å². The number of hydrogen-bond acceptors (Lipinski definition) is 4. The molecule has 0 aliphatic heterocycles. The van der Waals surface area contributed by atoms with E-state index in [9.17, 15) is 4.79 Å². The normalized spacial score (nSPS) is 10.2. The molecule has 0 aliphatic rings. The van der Waals surface area contributed by atoms with Crippen molar-refractivity contribution in [3.05, 3.63) is 33.1 Å². The van der Waals surface area contributed by atoms with Gasteiger partial charge in [0.25, 0.3) is 0 Å². The number of nitrogens with zero attached hydrogens (tertiary/aromatic N) is 1. The number of methoxy groups -OCH3 is 1.